The van der Waals surface area contributed by atoms with Crippen molar-refractivity contribution in [1.29, 1.82) is 0 Å². The van der Waals surface area contributed by atoms with E-state index in [4.69, 9.17) is 19.6 Å². The average molecular weight is 522 g/mol. The molecule has 3 atom stereocenters. The smallest absolute Gasteiger partial charge is 0.216 e. The Balaban J connectivity index is 1.21. The molecule has 1 N–H and O–H groups in total. The third kappa shape index (κ3) is 3.44. The number of hydrogen-bond donors (Lipinski definition) is 1. The van der Waals surface area contributed by atoms with Crippen LogP contribution >= 0.6 is 11.3 Å². The molecular weight excluding hydrogens is 488 g/mol. The van der Waals surface area contributed by atoms with Crippen LogP contribution in [0.5, 0.6) is 5.75 Å². The lowest BCUT2D eigenvalue weighted by atomic mass is 9.97. The summed E-state index contributed by atoms with van der Waals surface area (Å²) in [5.41, 5.74) is 4.66. The number of rotatable bonds is 6. The van der Waals surface area contributed by atoms with Gasteiger partial charge in [-0.25, -0.2) is 14.5 Å². The number of aromatic amines is 1. The van der Waals surface area contributed by atoms with Crippen LogP contribution in [0, 0.1) is 0 Å². The van der Waals surface area contributed by atoms with E-state index in [0.717, 1.165) is 53.3 Å². The summed E-state index contributed by atoms with van der Waals surface area (Å²) < 4.78 is 14.2. The van der Waals surface area contributed by atoms with E-state index in [9.17, 15) is 0 Å². The maximum absolute atomic E-state index is 5.66. The molecule has 7 rings (SSSR count). The predicted octanol–water partition coefficient (Wildman–Crippen LogP) is 3.92. The summed E-state index contributed by atoms with van der Waals surface area (Å²) in [6.45, 7) is 11.0. The van der Waals surface area contributed by atoms with Crippen LogP contribution in [0.1, 0.15) is 45.1 Å². The molecule has 0 radical (unpaired) electrons. The summed E-state index contributed by atoms with van der Waals surface area (Å²) >= 11 is 1.77. The first-order valence-electron chi connectivity index (χ1n) is 13.1. The van der Waals surface area contributed by atoms with Crippen LogP contribution in [0.3, 0.4) is 0 Å². The summed E-state index contributed by atoms with van der Waals surface area (Å²) in [6, 6.07) is 3.36. The highest BCUT2D eigenvalue weighted by molar-refractivity contribution is 7.18. The molecule has 0 aromatic carbocycles. The third-order valence-electron chi connectivity index (χ3n) is 8.62. The van der Waals surface area contributed by atoms with Gasteiger partial charge in [-0.3, -0.25) is 9.58 Å². The van der Waals surface area contributed by atoms with Crippen LogP contribution in [-0.2, 0) is 4.74 Å². The van der Waals surface area contributed by atoms with Gasteiger partial charge in [0.05, 0.1) is 50.5 Å². The molecule has 0 bridgehead atoms. The molecule has 7 heterocycles. The van der Waals surface area contributed by atoms with E-state index >= 15 is 0 Å². The van der Waals surface area contributed by atoms with Crippen molar-refractivity contribution in [2.24, 2.45) is 0 Å². The number of anilines is 1. The zero-order chi connectivity index (χ0) is 25.3. The Hall–Kier alpha value is -3.02. The van der Waals surface area contributed by atoms with Gasteiger partial charge in [-0.15, -0.1) is 0 Å². The molecule has 4 aromatic heterocycles. The summed E-state index contributed by atoms with van der Waals surface area (Å²) in [6.07, 6.45) is 8.49. The molecule has 1 unspecified atom stereocenters. The lowest BCUT2D eigenvalue weighted by Crippen LogP contribution is -2.47. The molecule has 0 spiro atoms. The number of H-pyrrole nitrogens is 1. The van der Waals surface area contributed by atoms with Crippen LogP contribution in [0.2, 0.25) is 0 Å². The number of ether oxygens (including phenoxy) is 2. The van der Waals surface area contributed by atoms with E-state index in [1.54, 1.807) is 23.0 Å². The molecule has 0 aliphatic carbocycles. The summed E-state index contributed by atoms with van der Waals surface area (Å²) in [5, 5.41) is 14.6. The van der Waals surface area contributed by atoms with E-state index in [1.807, 2.05) is 12.3 Å². The number of nitrogens with zero attached hydrogens (tertiary/aromatic N) is 7. The number of fused-ring (bicyclic) bond motifs is 2. The first-order chi connectivity index (χ1) is 18.0. The van der Waals surface area contributed by atoms with Gasteiger partial charge in [-0.1, -0.05) is 25.2 Å². The maximum atomic E-state index is 5.66. The van der Waals surface area contributed by atoms with Gasteiger partial charge >= 0.3 is 0 Å². The zero-order valence-corrected chi connectivity index (χ0v) is 22.5. The summed E-state index contributed by atoms with van der Waals surface area (Å²) in [7, 11) is 1.65. The SMILES string of the molecule is COc1cc(-c2n[nH]c(-c3ncc(N4C[C@H](C)[N+]5(C6CCOCC6)C[C@@H]45)s3)c2C(C)C)cn2ncnc12. The van der Waals surface area contributed by atoms with Gasteiger partial charge in [0.2, 0.25) is 6.17 Å². The fourth-order valence-corrected chi connectivity index (χ4v) is 7.75. The number of aromatic nitrogens is 6. The van der Waals surface area contributed by atoms with Crippen LogP contribution in [0.25, 0.3) is 27.6 Å². The predicted molar refractivity (Wildman–Crippen MR) is 142 cm³/mol. The Morgan fingerprint density at radius 3 is 2.84 bits per heavy atom. The van der Waals surface area contributed by atoms with E-state index in [1.165, 1.54) is 35.2 Å². The number of thiazole rings is 1. The third-order valence-corrected chi connectivity index (χ3v) is 9.67. The fourth-order valence-electron chi connectivity index (χ4n) is 6.77. The number of pyridine rings is 1. The molecule has 4 aromatic rings. The second-order valence-corrected chi connectivity index (χ2v) is 11.9. The largest absolute Gasteiger partial charge is 0.493 e. The number of nitrogens with one attached hydrogen (secondary N) is 1. The van der Waals surface area contributed by atoms with Crippen molar-refractivity contribution in [2.75, 3.05) is 38.3 Å². The van der Waals surface area contributed by atoms with Gasteiger partial charge in [-0.2, -0.15) is 10.2 Å². The van der Waals surface area contributed by atoms with Crippen molar-refractivity contribution in [3.8, 4) is 27.7 Å². The molecule has 11 heteroatoms. The first kappa shape index (κ1) is 23.1. The molecule has 3 saturated heterocycles. The number of piperazine rings is 1. The van der Waals surface area contributed by atoms with Crippen molar-refractivity contribution < 1.29 is 14.0 Å². The highest BCUT2D eigenvalue weighted by Crippen LogP contribution is 2.51. The van der Waals surface area contributed by atoms with Crippen molar-refractivity contribution >= 4 is 22.0 Å². The molecule has 10 nitrogen and oxygen atoms in total. The molecule has 3 aliphatic rings. The monoisotopic (exact) mass is 521 g/mol. The normalized spacial score (nSPS) is 25.8. The van der Waals surface area contributed by atoms with Crippen molar-refractivity contribution in [3.05, 3.63) is 30.4 Å². The van der Waals surface area contributed by atoms with Gasteiger partial charge in [0.1, 0.15) is 22.4 Å². The highest BCUT2D eigenvalue weighted by atomic mass is 32.1. The number of methoxy groups -OCH3 is 1. The Morgan fingerprint density at radius 2 is 2.08 bits per heavy atom. The number of hydrogen-bond acceptors (Lipinski definition) is 8. The minimum absolute atomic E-state index is 0.251. The van der Waals surface area contributed by atoms with E-state index < -0.39 is 0 Å². The van der Waals surface area contributed by atoms with Gasteiger partial charge in [-0.05, 0) is 18.9 Å². The zero-order valence-electron chi connectivity index (χ0n) is 21.7. The van der Waals surface area contributed by atoms with Crippen LogP contribution in [-0.4, -0.2) is 85.9 Å². The molecule has 3 fully saturated rings. The highest BCUT2D eigenvalue weighted by Gasteiger charge is 2.70. The minimum Gasteiger partial charge on any atom is -0.493 e. The Kier molecular flexibility index (Phi) is 5.31. The van der Waals surface area contributed by atoms with Crippen LogP contribution in [0.4, 0.5) is 5.00 Å². The van der Waals surface area contributed by atoms with Crippen molar-refractivity contribution in [2.45, 2.75) is 57.8 Å². The molecule has 37 heavy (non-hydrogen) atoms. The standard InChI is InChI=1S/C26H33N8O2S/c1-15(2)22-23(17-9-19(35-4)25-28-14-29-33(25)12-17)30-31-24(22)26-27-10-21(37-26)32-11-16(3)34(13-20(32)34)18-5-7-36-8-6-18/h9-10,12,14-16,18,20H,5-8,11,13H2,1-4H3,(H,30,31)/q+1/t16-,20-,34?/m0/s1. The molecule has 0 saturated carbocycles. The average Bonchev–Trinajstić information content (AvgIpc) is 3.38. The molecule has 194 valence electrons. The first-order valence-corrected chi connectivity index (χ1v) is 14.0. The topological polar surface area (TPSA) is 93.5 Å². The van der Waals surface area contributed by atoms with Gasteiger partial charge in [0.25, 0.3) is 0 Å². The quantitative estimate of drug-likeness (QED) is 0.304. The van der Waals surface area contributed by atoms with Gasteiger partial charge in [0, 0.05) is 30.2 Å². The van der Waals surface area contributed by atoms with Crippen molar-refractivity contribution in [3.63, 3.8) is 0 Å². The summed E-state index contributed by atoms with van der Waals surface area (Å²) in [5.74, 6) is 0.922. The van der Waals surface area contributed by atoms with Crippen LogP contribution < -0.4 is 9.64 Å². The second-order valence-electron chi connectivity index (χ2n) is 10.8. The van der Waals surface area contributed by atoms with Crippen LogP contribution in [0.15, 0.2) is 24.8 Å². The Bertz CT molecular complexity index is 1450. The van der Waals surface area contributed by atoms with Gasteiger partial charge in [0.15, 0.2) is 17.9 Å². The molecule has 3 aliphatic heterocycles. The number of quaternary nitrogens is 1. The second kappa shape index (κ2) is 8.50. The summed E-state index contributed by atoms with van der Waals surface area (Å²) in [4.78, 5) is 11.8. The van der Waals surface area contributed by atoms with Crippen molar-refractivity contribution in [1.82, 2.24) is 29.8 Å². The maximum Gasteiger partial charge on any atom is 0.216 e. The van der Waals surface area contributed by atoms with E-state index in [-0.39, 0.29) is 5.92 Å². The van der Waals surface area contributed by atoms with Gasteiger partial charge < -0.3 is 14.4 Å². The molecular formula is C26H33N8O2S+. The van der Waals surface area contributed by atoms with E-state index in [2.05, 4.69) is 47.0 Å². The molecule has 0 amide bonds. The Morgan fingerprint density at radius 1 is 1.24 bits per heavy atom. The lowest BCUT2D eigenvalue weighted by Gasteiger charge is -2.33. The van der Waals surface area contributed by atoms with E-state index in [0.29, 0.717) is 23.6 Å². The lowest BCUT2D eigenvalue weighted by molar-refractivity contribution is -0.855. The minimum atomic E-state index is 0.251. The fraction of sp³-hybridized carbons (Fsp3) is 0.538. The Labute approximate surface area is 219 Å².